The molecule has 0 saturated carbocycles. The predicted octanol–water partition coefficient (Wildman–Crippen LogP) is 2.75. The molecule has 19 heavy (non-hydrogen) atoms. The van der Waals surface area contributed by atoms with E-state index >= 15 is 0 Å². The lowest BCUT2D eigenvalue weighted by atomic mass is 9.97. The molecule has 1 aliphatic rings. The molecular formula is C16H26N2O. The molecule has 0 spiro atoms. The number of rotatable bonds is 4. The Kier molecular flexibility index (Phi) is 4.70. The second kappa shape index (κ2) is 6.29. The molecule has 0 amide bonds. The van der Waals surface area contributed by atoms with Crippen LogP contribution >= 0.6 is 0 Å². The highest BCUT2D eigenvalue weighted by Crippen LogP contribution is 2.33. The molecule has 0 unspecified atom stereocenters. The van der Waals surface area contributed by atoms with Crippen LogP contribution in [0.2, 0.25) is 0 Å². The number of anilines is 1. The zero-order valence-electron chi connectivity index (χ0n) is 12.6. The summed E-state index contributed by atoms with van der Waals surface area (Å²) in [5.41, 5.74) is 3.73. The standard InChI is InChI=1S/C16H26N2O/c1-12-9-13(2)16(19-4)15(10-12)18(3)11-14-5-7-17-8-6-14/h9-10,14,17H,5-8,11H2,1-4H3. The fourth-order valence-corrected chi connectivity index (χ4v) is 3.03. The third kappa shape index (κ3) is 3.41. The third-order valence-corrected chi connectivity index (χ3v) is 4.01. The molecule has 1 N–H and O–H groups in total. The van der Waals surface area contributed by atoms with E-state index in [1.54, 1.807) is 7.11 Å². The van der Waals surface area contributed by atoms with Gasteiger partial charge in [0.1, 0.15) is 5.75 Å². The van der Waals surface area contributed by atoms with Gasteiger partial charge in [-0.2, -0.15) is 0 Å². The van der Waals surface area contributed by atoms with Crippen molar-refractivity contribution < 1.29 is 4.74 Å². The Balaban J connectivity index is 2.15. The summed E-state index contributed by atoms with van der Waals surface area (Å²) in [6.07, 6.45) is 2.55. The number of hydrogen-bond acceptors (Lipinski definition) is 3. The molecule has 0 aliphatic carbocycles. The van der Waals surface area contributed by atoms with Crippen LogP contribution in [-0.2, 0) is 0 Å². The Hall–Kier alpha value is -1.22. The highest BCUT2D eigenvalue weighted by Gasteiger charge is 2.18. The summed E-state index contributed by atoms with van der Waals surface area (Å²) in [6.45, 7) is 7.69. The lowest BCUT2D eigenvalue weighted by Crippen LogP contribution is -2.34. The Morgan fingerprint density at radius 1 is 1.26 bits per heavy atom. The van der Waals surface area contributed by atoms with E-state index in [4.69, 9.17) is 4.74 Å². The van der Waals surface area contributed by atoms with Crippen molar-refractivity contribution in [2.75, 3.05) is 38.7 Å². The first-order valence-corrected chi connectivity index (χ1v) is 7.19. The van der Waals surface area contributed by atoms with Crippen LogP contribution in [0.4, 0.5) is 5.69 Å². The van der Waals surface area contributed by atoms with Crippen molar-refractivity contribution in [2.24, 2.45) is 5.92 Å². The van der Waals surface area contributed by atoms with Crippen molar-refractivity contribution >= 4 is 5.69 Å². The molecule has 106 valence electrons. The Labute approximate surface area is 116 Å². The second-order valence-corrected chi connectivity index (χ2v) is 5.71. The van der Waals surface area contributed by atoms with Crippen LogP contribution in [0.5, 0.6) is 5.75 Å². The molecule has 1 aliphatic heterocycles. The summed E-state index contributed by atoms with van der Waals surface area (Å²) in [5.74, 6) is 1.80. The van der Waals surface area contributed by atoms with E-state index in [-0.39, 0.29) is 0 Å². The maximum absolute atomic E-state index is 5.59. The molecule has 0 radical (unpaired) electrons. The fraction of sp³-hybridized carbons (Fsp3) is 0.625. The number of aryl methyl sites for hydroxylation is 2. The van der Waals surface area contributed by atoms with Crippen molar-refractivity contribution in [3.8, 4) is 5.75 Å². The Bertz CT molecular complexity index is 425. The first kappa shape index (κ1) is 14.2. The van der Waals surface area contributed by atoms with Gasteiger partial charge in [0.25, 0.3) is 0 Å². The molecule has 3 heteroatoms. The van der Waals surface area contributed by atoms with Crippen molar-refractivity contribution in [1.82, 2.24) is 5.32 Å². The van der Waals surface area contributed by atoms with Crippen LogP contribution in [-0.4, -0.2) is 33.8 Å². The Morgan fingerprint density at radius 3 is 2.58 bits per heavy atom. The average Bonchev–Trinajstić information content (AvgIpc) is 2.39. The number of nitrogens with one attached hydrogen (secondary N) is 1. The van der Waals surface area contributed by atoms with Gasteiger partial charge >= 0.3 is 0 Å². The quantitative estimate of drug-likeness (QED) is 0.903. The highest BCUT2D eigenvalue weighted by atomic mass is 16.5. The van der Waals surface area contributed by atoms with Gasteiger partial charge in [0.05, 0.1) is 12.8 Å². The normalized spacial score (nSPS) is 16.4. The number of nitrogens with zero attached hydrogens (tertiary/aromatic N) is 1. The van der Waals surface area contributed by atoms with Crippen LogP contribution in [0.25, 0.3) is 0 Å². The molecule has 0 atom stereocenters. The largest absolute Gasteiger partial charge is 0.494 e. The zero-order chi connectivity index (χ0) is 13.8. The fourth-order valence-electron chi connectivity index (χ4n) is 3.03. The van der Waals surface area contributed by atoms with E-state index in [0.717, 1.165) is 31.3 Å². The van der Waals surface area contributed by atoms with Gasteiger partial charge in [0.2, 0.25) is 0 Å². The summed E-state index contributed by atoms with van der Waals surface area (Å²) in [6, 6.07) is 4.41. The van der Waals surface area contributed by atoms with Crippen LogP contribution < -0.4 is 15.0 Å². The minimum absolute atomic E-state index is 0.789. The maximum Gasteiger partial charge on any atom is 0.145 e. The van der Waals surface area contributed by atoms with E-state index in [1.165, 1.54) is 29.7 Å². The van der Waals surface area contributed by atoms with Gasteiger partial charge in [-0.05, 0) is 62.9 Å². The molecule has 3 nitrogen and oxygen atoms in total. The molecule has 1 aromatic carbocycles. The zero-order valence-corrected chi connectivity index (χ0v) is 12.6. The smallest absolute Gasteiger partial charge is 0.145 e. The minimum Gasteiger partial charge on any atom is -0.494 e. The van der Waals surface area contributed by atoms with Gasteiger partial charge in [-0.1, -0.05) is 6.07 Å². The van der Waals surface area contributed by atoms with Crippen LogP contribution in [0.3, 0.4) is 0 Å². The van der Waals surface area contributed by atoms with Gasteiger partial charge in [0.15, 0.2) is 0 Å². The molecule has 1 saturated heterocycles. The summed E-state index contributed by atoms with van der Waals surface area (Å²) >= 11 is 0. The summed E-state index contributed by atoms with van der Waals surface area (Å²) in [4.78, 5) is 2.36. The predicted molar refractivity (Wildman–Crippen MR) is 81.3 cm³/mol. The topological polar surface area (TPSA) is 24.5 Å². The summed E-state index contributed by atoms with van der Waals surface area (Å²) < 4.78 is 5.59. The van der Waals surface area contributed by atoms with E-state index < -0.39 is 0 Å². The number of methoxy groups -OCH3 is 1. The average molecular weight is 262 g/mol. The lowest BCUT2D eigenvalue weighted by Gasteiger charge is -2.30. The van der Waals surface area contributed by atoms with Crippen LogP contribution in [0, 0.1) is 19.8 Å². The summed E-state index contributed by atoms with van der Waals surface area (Å²) in [7, 11) is 3.94. The first-order chi connectivity index (χ1) is 9.11. The van der Waals surface area contributed by atoms with E-state index in [1.807, 2.05) is 0 Å². The first-order valence-electron chi connectivity index (χ1n) is 7.19. The van der Waals surface area contributed by atoms with Crippen LogP contribution in [0.15, 0.2) is 12.1 Å². The molecule has 1 fully saturated rings. The second-order valence-electron chi connectivity index (χ2n) is 5.71. The van der Waals surface area contributed by atoms with Crippen molar-refractivity contribution in [3.05, 3.63) is 23.3 Å². The highest BCUT2D eigenvalue weighted by molar-refractivity contribution is 5.63. The molecule has 2 rings (SSSR count). The van der Waals surface area contributed by atoms with Gasteiger partial charge < -0.3 is 15.0 Å². The SMILES string of the molecule is COc1c(C)cc(C)cc1N(C)CC1CCNCC1. The molecular weight excluding hydrogens is 236 g/mol. The van der Waals surface area contributed by atoms with Crippen LogP contribution in [0.1, 0.15) is 24.0 Å². The van der Waals surface area contributed by atoms with E-state index in [9.17, 15) is 0 Å². The van der Waals surface area contributed by atoms with E-state index in [2.05, 4.69) is 43.2 Å². The number of benzene rings is 1. The Morgan fingerprint density at radius 2 is 1.95 bits per heavy atom. The van der Waals surface area contributed by atoms with Gasteiger partial charge in [0, 0.05) is 13.6 Å². The molecule has 1 heterocycles. The number of piperidine rings is 1. The molecule has 1 aromatic rings. The maximum atomic E-state index is 5.59. The van der Waals surface area contributed by atoms with Gasteiger partial charge in [-0.25, -0.2) is 0 Å². The number of hydrogen-bond donors (Lipinski definition) is 1. The summed E-state index contributed by atoms with van der Waals surface area (Å²) in [5, 5.41) is 3.43. The van der Waals surface area contributed by atoms with Crippen molar-refractivity contribution in [1.29, 1.82) is 0 Å². The molecule has 0 aromatic heterocycles. The third-order valence-electron chi connectivity index (χ3n) is 4.01. The lowest BCUT2D eigenvalue weighted by molar-refractivity contribution is 0.374. The number of ether oxygens (including phenoxy) is 1. The van der Waals surface area contributed by atoms with Crippen molar-refractivity contribution in [3.63, 3.8) is 0 Å². The van der Waals surface area contributed by atoms with E-state index in [0.29, 0.717) is 0 Å². The van der Waals surface area contributed by atoms with Crippen molar-refractivity contribution in [2.45, 2.75) is 26.7 Å². The van der Waals surface area contributed by atoms with Gasteiger partial charge in [-0.3, -0.25) is 0 Å². The minimum atomic E-state index is 0.789. The van der Waals surface area contributed by atoms with Gasteiger partial charge in [-0.15, -0.1) is 0 Å². The monoisotopic (exact) mass is 262 g/mol. The molecule has 0 bridgehead atoms.